The molecular formula is C16H20N4O3S2. The van der Waals surface area contributed by atoms with Crippen LogP contribution in [0.5, 0.6) is 0 Å². The van der Waals surface area contributed by atoms with Crippen molar-refractivity contribution < 1.29 is 13.2 Å². The Balaban J connectivity index is 1.72. The van der Waals surface area contributed by atoms with Crippen LogP contribution in [0.4, 0.5) is 0 Å². The number of rotatable bonds is 3. The number of hydrogen-bond acceptors (Lipinski definition) is 6. The summed E-state index contributed by atoms with van der Waals surface area (Å²) in [5, 5.41) is 3.86. The maximum absolute atomic E-state index is 12.8. The molecule has 1 fully saturated rings. The molecule has 1 aromatic heterocycles. The number of benzene rings is 1. The molecule has 1 aliphatic rings. The zero-order valence-electron chi connectivity index (χ0n) is 14.4. The Hall–Kier alpha value is -1.84. The largest absolute Gasteiger partial charge is 0.335 e. The van der Waals surface area contributed by atoms with Crippen LogP contribution in [0.25, 0.3) is 0 Å². The number of carbonyl (C=O) groups is 1. The number of sulfonamides is 1. The third-order valence-electron chi connectivity index (χ3n) is 4.49. The van der Waals surface area contributed by atoms with Crippen LogP contribution in [0.3, 0.4) is 0 Å². The molecule has 0 saturated carbocycles. The summed E-state index contributed by atoms with van der Waals surface area (Å²) >= 11 is 1.07. The van der Waals surface area contributed by atoms with Gasteiger partial charge in [-0.15, -0.1) is 5.10 Å². The van der Waals surface area contributed by atoms with Gasteiger partial charge in [-0.1, -0.05) is 10.6 Å². The first-order valence-electron chi connectivity index (χ1n) is 7.96. The van der Waals surface area contributed by atoms with Gasteiger partial charge in [0, 0.05) is 26.2 Å². The highest BCUT2D eigenvalue weighted by molar-refractivity contribution is 7.89. The van der Waals surface area contributed by atoms with Crippen LogP contribution in [-0.2, 0) is 10.0 Å². The van der Waals surface area contributed by atoms with E-state index in [1.807, 2.05) is 19.9 Å². The number of carbonyl (C=O) groups excluding carboxylic acids is 1. The van der Waals surface area contributed by atoms with E-state index in [-0.39, 0.29) is 19.0 Å². The molecule has 0 bridgehead atoms. The highest BCUT2D eigenvalue weighted by atomic mass is 32.2. The molecule has 2 heterocycles. The van der Waals surface area contributed by atoms with Gasteiger partial charge >= 0.3 is 0 Å². The Morgan fingerprint density at radius 3 is 2.32 bits per heavy atom. The van der Waals surface area contributed by atoms with Gasteiger partial charge < -0.3 is 4.90 Å². The van der Waals surface area contributed by atoms with Crippen molar-refractivity contribution in [2.24, 2.45) is 0 Å². The van der Waals surface area contributed by atoms with Crippen molar-refractivity contribution >= 4 is 27.5 Å². The van der Waals surface area contributed by atoms with Crippen molar-refractivity contribution in [2.75, 3.05) is 26.2 Å². The van der Waals surface area contributed by atoms with E-state index >= 15 is 0 Å². The van der Waals surface area contributed by atoms with Crippen LogP contribution < -0.4 is 0 Å². The number of amides is 1. The maximum Gasteiger partial charge on any atom is 0.267 e. The molecule has 0 spiro atoms. The summed E-state index contributed by atoms with van der Waals surface area (Å²) in [6, 6.07) is 5.16. The van der Waals surface area contributed by atoms with Crippen LogP contribution in [0.2, 0.25) is 0 Å². The fraction of sp³-hybridized carbons (Fsp3) is 0.438. The SMILES string of the molecule is Cc1ccc(S(=O)(=O)N2CCN(C(=O)c3snnc3C)CC2)cc1C. The van der Waals surface area contributed by atoms with Gasteiger partial charge in [-0.2, -0.15) is 4.31 Å². The van der Waals surface area contributed by atoms with Crippen molar-refractivity contribution in [3.05, 3.63) is 39.9 Å². The Bertz CT molecular complexity index is 900. The fourth-order valence-corrected chi connectivity index (χ4v) is 4.86. The molecule has 3 rings (SSSR count). The molecule has 1 aliphatic heterocycles. The monoisotopic (exact) mass is 380 g/mol. The van der Waals surface area contributed by atoms with Gasteiger partial charge in [0.2, 0.25) is 10.0 Å². The molecule has 9 heteroatoms. The Morgan fingerprint density at radius 2 is 1.76 bits per heavy atom. The molecule has 1 amide bonds. The first-order valence-corrected chi connectivity index (χ1v) is 10.2. The normalized spacial score (nSPS) is 16.2. The molecular weight excluding hydrogens is 360 g/mol. The van der Waals surface area contributed by atoms with Crippen molar-refractivity contribution in [1.29, 1.82) is 0 Å². The van der Waals surface area contributed by atoms with E-state index in [1.54, 1.807) is 24.0 Å². The third kappa shape index (κ3) is 3.44. The fourth-order valence-electron chi connectivity index (χ4n) is 2.73. The molecule has 1 aromatic carbocycles. The minimum Gasteiger partial charge on any atom is -0.335 e. The van der Waals surface area contributed by atoms with Crippen molar-refractivity contribution in [3.8, 4) is 0 Å². The van der Waals surface area contributed by atoms with Gasteiger partial charge in [0.15, 0.2) is 0 Å². The standard InChI is InChI=1S/C16H20N4O3S2/c1-11-4-5-14(10-12(11)2)25(22,23)20-8-6-19(7-9-20)16(21)15-13(3)17-18-24-15/h4-5,10H,6-9H2,1-3H3. The zero-order valence-corrected chi connectivity index (χ0v) is 16.0. The zero-order chi connectivity index (χ0) is 18.2. The van der Waals surface area contributed by atoms with Crippen LogP contribution >= 0.6 is 11.5 Å². The highest BCUT2D eigenvalue weighted by Gasteiger charge is 2.31. The summed E-state index contributed by atoms with van der Waals surface area (Å²) in [7, 11) is -3.54. The second-order valence-corrected chi connectivity index (χ2v) is 8.82. The maximum atomic E-state index is 12.8. The molecule has 0 N–H and O–H groups in total. The van der Waals surface area contributed by atoms with Gasteiger partial charge in [0.1, 0.15) is 4.88 Å². The number of hydrogen-bond donors (Lipinski definition) is 0. The summed E-state index contributed by atoms with van der Waals surface area (Å²) in [6.45, 7) is 6.89. The quantitative estimate of drug-likeness (QED) is 0.808. The van der Waals surface area contributed by atoms with E-state index in [0.29, 0.717) is 28.6 Å². The topological polar surface area (TPSA) is 83.5 Å². The van der Waals surface area contributed by atoms with Crippen molar-refractivity contribution in [1.82, 2.24) is 18.8 Å². The summed E-state index contributed by atoms with van der Waals surface area (Å²) in [5.74, 6) is -0.129. The van der Waals surface area contributed by atoms with Gasteiger partial charge in [0.05, 0.1) is 10.6 Å². The lowest BCUT2D eigenvalue weighted by Gasteiger charge is -2.33. The van der Waals surface area contributed by atoms with Gasteiger partial charge in [-0.3, -0.25) is 4.79 Å². The lowest BCUT2D eigenvalue weighted by atomic mass is 10.1. The van der Waals surface area contributed by atoms with E-state index in [0.717, 1.165) is 22.7 Å². The average Bonchev–Trinajstić information content (AvgIpc) is 3.02. The minimum atomic E-state index is -3.54. The number of aryl methyl sites for hydroxylation is 3. The Morgan fingerprint density at radius 1 is 1.08 bits per heavy atom. The molecule has 134 valence electrons. The lowest BCUT2D eigenvalue weighted by molar-refractivity contribution is 0.0702. The predicted molar refractivity (Wildman–Crippen MR) is 95.2 cm³/mol. The van der Waals surface area contributed by atoms with Gasteiger partial charge in [-0.25, -0.2) is 8.42 Å². The smallest absolute Gasteiger partial charge is 0.267 e. The predicted octanol–water partition coefficient (Wildman–Crippen LogP) is 1.61. The molecule has 1 saturated heterocycles. The van der Waals surface area contributed by atoms with E-state index < -0.39 is 10.0 Å². The molecule has 25 heavy (non-hydrogen) atoms. The molecule has 0 unspecified atom stereocenters. The second-order valence-electron chi connectivity index (χ2n) is 6.13. The van der Waals surface area contributed by atoms with Crippen molar-refractivity contribution in [3.63, 3.8) is 0 Å². The summed E-state index contributed by atoms with van der Waals surface area (Å²) in [4.78, 5) is 15.0. The van der Waals surface area contributed by atoms with Gasteiger partial charge in [0.25, 0.3) is 5.91 Å². The molecule has 0 aliphatic carbocycles. The lowest BCUT2D eigenvalue weighted by Crippen LogP contribution is -2.50. The molecule has 7 nitrogen and oxygen atoms in total. The van der Waals surface area contributed by atoms with E-state index in [4.69, 9.17) is 0 Å². The molecule has 2 aromatic rings. The van der Waals surface area contributed by atoms with Crippen molar-refractivity contribution in [2.45, 2.75) is 25.7 Å². The van der Waals surface area contributed by atoms with Crippen LogP contribution in [0, 0.1) is 20.8 Å². The minimum absolute atomic E-state index is 0.129. The second kappa shape index (κ2) is 6.81. The van der Waals surface area contributed by atoms with E-state index in [9.17, 15) is 13.2 Å². The van der Waals surface area contributed by atoms with E-state index in [1.165, 1.54) is 4.31 Å². The van der Waals surface area contributed by atoms with E-state index in [2.05, 4.69) is 9.59 Å². The summed E-state index contributed by atoms with van der Waals surface area (Å²) in [5.41, 5.74) is 2.62. The summed E-state index contributed by atoms with van der Waals surface area (Å²) < 4.78 is 30.9. The highest BCUT2D eigenvalue weighted by Crippen LogP contribution is 2.21. The van der Waals surface area contributed by atoms with Gasteiger partial charge in [-0.05, 0) is 55.6 Å². The average molecular weight is 380 g/mol. The molecule has 0 radical (unpaired) electrons. The molecule has 0 atom stereocenters. The summed E-state index contributed by atoms with van der Waals surface area (Å²) in [6.07, 6.45) is 0. The number of nitrogens with zero attached hydrogens (tertiary/aromatic N) is 4. The van der Waals surface area contributed by atoms with Crippen LogP contribution in [-0.4, -0.2) is 59.3 Å². The Labute approximate surface area is 151 Å². The first kappa shape index (κ1) is 18.0. The first-order chi connectivity index (χ1) is 11.8. The number of aromatic nitrogens is 2. The Kier molecular flexibility index (Phi) is 4.90. The van der Waals surface area contributed by atoms with Crippen LogP contribution in [0.15, 0.2) is 23.1 Å². The third-order valence-corrected chi connectivity index (χ3v) is 7.20. The number of piperazine rings is 1. The van der Waals surface area contributed by atoms with Crippen LogP contribution in [0.1, 0.15) is 26.5 Å².